The second-order valence-corrected chi connectivity index (χ2v) is 4.78. The Balaban J connectivity index is 0.000000127. The van der Waals surface area contributed by atoms with Gasteiger partial charge in [-0.3, -0.25) is 0 Å². The minimum absolute atomic E-state index is 1.04. The van der Waals surface area contributed by atoms with Crippen LogP contribution in [-0.4, -0.2) is 0 Å². The van der Waals surface area contributed by atoms with Crippen LogP contribution in [0.1, 0.15) is 65.2 Å². The monoisotopic (exact) mass is 168 g/mol. The van der Waals surface area contributed by atoms with E-state index in [-0.39, 0.29) is 0 Å². The van der Waals surface area contributed by atoms with Gasteiger partial charge in [0.25, 0.3) is 0 Å². The summed E-state index contributed by atoms with van der Waals surface area (Å²) >= 11 is 0. The van der Waals surface area contributed by atoms with Gasteiger partial charge < -0.3 is 0 Å². The zero-order valence-electron chi connectivity index (χ0n) is 8.81. The average molecular weight is 168 g/mol. The molecule has 72 valence electrons. The molecule has 0 spiro atoms. The molecule has 2 fully saturated rings. The van der Waals surface area contributed by atoms with Crippen LogP contribution in [0.15, 0.2) is 0 Å². The summed E-state index contributed by atoms with van der Waals surface area (Å²) in [6.45, 7) is 4.67. The predicted octanol–water partition coefficient (Wildman–Crippen LogP) is 4.39. The molecule has 0 radical (unpaired) electrons. The van der Waals surface area contributed by atoms with E-state index in [1.54, 1.807) is 0 Å². The van der Waals surface area contributed by atoms with Crippen LogP contribution in [0.4, 0.5) is 0 Å². The molecular formula is C12H24. The molecule has 0 aromatic carbocycles. The van der Waals surface area contributed by atoms with Gasteiger partial charge in [0.1, 0.15) is 0 Å². The molecule has 12 heavy (non-hydrogen) atoms. The molecule has 0 amide bonds. The van der Waals surface area contributed by atoms with Crippen LogP contribution in [0, 0.1) is 11.8 Å². The van der Waals surface area contributed by atoms with Gasteiger partial charge in [0.2, 0.25) is 0 Å². The third-order valence-electron chi connectivity index (χ3n) is 3.29. The van der Waals surface area contributed by atoms with Gasteiger partial charge in [0.05, 0.1) is 0 Å². The lowest BCUT2D eigenvalue weighted by Gasteiger charge is -2.18. The van der Waals surface area contributed by atoms with E-state index in [0.29, 0.717) is 0 Å². The molecule has 0 saturated heterocycles. The molecule has 0 aromatic rings. The van der Waals surface area contributed by atoms with Gasteiger partial charge in [-0.05, 0) is 11.8 Å². The fourth-order valence-corrected chi connectivity index (χ4v) is 1.92. The van der Waals surface area contributed by atoms with Crippen molar-refractivity contribution in [2.75, 3.05) is 0 Å². The Labute approximate surface area is 77.7 Å². The molecule has 0 aliphatic heterocycles. The van der Waals surface area contributed by atoms with Gasteiger partial charge >= 0.3 is 0 Å². The largest absolute Gasteiger partial charge is 0.0625 e. The van der Waals surface area contributed by atoms with Gasteiger partial charge in [0, 0.05) is 0 Å². The molecule has 2 rings (SSSR count). The van der Waals surface area contributed by atoms with Crippen molar-refractivity contribution in [2.24, 2.45) is 11.8 Å². The molecular weight excluding hydrogens is 144 g/mol. The zero-order valence-corrected chi connectivity index (χ0v) is 8.81. The third-order valence-corrected chi connectivity index (χ3v) is 3.29. The summed E-state index contributed by atoms with van der Waals surface area (Å²) < 4.78 is 0. The Morgan fingerprint density at radius 3 is 1.17 bits per heavy atom. The first-order chi connectivity index (χ1) is 5.79. The first kappa shape index (κ1) is 10.1. The molecule has 0 atom stereocenters. The highest BCUT2D eigenvalue weighted by Gasteiger charge is 2.09. The van der Waals surface area contributed by atoms with E-state index in [0.717, 1.165) is 11.8 Å². The minimum Gasteiger partial charge on any atom is -0.0625 e. The molecule has 0 bridgehead atoms. The van der Waals surface area contributed by atoms with Crippen LogP contribution in [-0.2, 0) is 0 Å². The molecule has 2 aliphatic rings. The lowest BCUT2D eigenvalue weighted by atomic mass is 9.88. The first-order valence-electron chi connectivity index (χ1n) is 5.79. The fourth-order valence-electron chi connectivity index (χ4n) is 1.92. The van der Waals surface area contributed by atoms with E-state index >= 15 is 0 Å². The van der Waals surface area contributed by atoms with Crippen LogP contribution in [0.5, 0.6) is 0 Å². The number of rotatable bonds is 0. The highest BCUT2D eigenvalue weighted by Crippen LogP contribution is 2.24. The molecule has 2 aliphatic carbocycles. The van der Waals surface area contributed by atoms with Crippen molar-refractivity contribution in [3.05, 3.63) is 0 Å². The SMILES string of the molecule is CC1CCC1.CC1CCCCC1. The summed E-state index contributed by atoms with van der Waals surface area (Å²) in [5.74, 6) is 2.10. The predicted molar refractivity (Wildman–Crippen MR) is 55.3 cm³/mol. The first-order valence-corrected chi connectivity index (χ1v) is 5.79. The lowest BCUT2D eigenvalue weighted by molar-refractivity contribution is 0.346. The zero-order chi connectivity index (χ0) is 8.81. The summed E-state index contributed by atoms with van der Waals surface area (Å²) in [4.78, 5) is 0. The highest BCUT2D eigenvalue weighted by molar-refractivity contribution is 4.62. The van der Waals surface area contributed by atoms with E-state index in [1.807, 2.05) is 0 Å². The van der Waals surface area contributed by atoms with E-state index < -0.39 is 0 Å². The maximum absolute atomic E-state index is 2.36. The van der Waals surface area contributed by atoms with E-state index in [2.05, 4.69) is 13.8 Å². The van der Waals surface area contributed by atoms with E-state index in [4.69, 9.17) is 0 Å². The smallest absolute Gasteiger partial charge is 0.0443 e. The van der Waals surface area contributed by atoms with Crippen molar-refractivity contribution in [1.82, 2.24) is 0 Å². The minimum atomic E-state index is 1.04. The fraction of sp³-hybridized carbons (Fsp3) is 1.00. The van der Waals surface area contributed by atoms with Gasteiger partial charge in [-0.15, -0.1) is 0 Å². The molecule has 0 heteroatoms. The van der Waals surface area contributed by atoms with Crippen molar-refractivity contribution in [1.29, 1.82) is 0 Å². The van der Waals surface area contributed by atoms with Gasteiger partial charge in [-0.2, -0.15) is 0 Å². The quantitative estimate of drug-likeness (QED) is 0.503. The van der Waals surface area contributed by atoms with Crippen LogP contribution in [0.3, 0.4) is 0 Å². The highest BCUT2D eigenvalue weighted by atomic mass is 14.1. The van der Waals surface area contributed by atoms with Crippen LogP contribution < -0.4 is 0 Å². The van der Waals surface area contributed by atoms with Gasteiger partial charge in [0.15, 0.2) is 0 Å². The van der Waals surface area contributed by atoms with Gasteiger partial charge in [-0.1, -0.05) is 65.2 Å². The third kappa shape index (κ3) is 4.13. The second kappa shape index (κ2) is 5.61. The van der Waals surface area contributed by atoms with E-state index in [1.165, 1.54) is 51.4 Å². The molecule has 0 nitrogen and oxygen atoms in total. The summed E-state index contributed by atoms with van der Waals surface area (Å²) in [7, 11) is 0. The van der Waals surface area contributed by atoms with Crippen LogP contribution >= 0.6 is 0 Å². The Bertz CT molecular complexity index is 96.6. The Hall–Kier alpha value is 0. The summed E-state index contributed by atoms with van der Waals surface area (Å²) in [6, 6.07) is 0. The Morgan fingerprint density at radius 1 is 0.583 bits per heavy atom. The van der Waals surface area contributed by atoms with Crippen LogP contribution in [0.2, 0.25) is 0 Å². The average Bonchev–Trinajstić information content (AvgIpc) is 2.04. The van der Waals surface area contributed by atoms with Crippen molar-refractivity contribution in [3.63, 3.8) is 0 Å². The summed E-state index contributed by atoms with van der Waals surface area (Å²) in [5.41, 5.74) is 0. The molecule has 0 heterocycles. The second-order valence-electron chi connectivity index (χ2n) is 4.78. The molecule has 0 N–H and O–H groups in total. The van der Waals surface area contributed by atoms with E-state index in [9.17, 15) is 0 Å². The topological polar surface area (TPSA) is 0 Å². The van der Waals surface area contributed by atoms with Crippen molar-refractivity contribution in [2.45, 2.75) is 65.2 Å². The molecule has 2 saturated carbocycles. The van der Waals surface area contributed by atoms with Crippen LogP contribution in [0.25, 0.3) is 0 Å². The van der Waals surface area contributed by atoms with Gasteiger partial charge in [-0.25, -0.2) is 0 Å². The standard InChI is InChI=1S/C7H14.C5H10/c1-7-5-3-2-4-6-7;1-5-3-2-4-5/h7H,2-6H2,1H3;5H,2-4H2,1H3. The van der Waals surface area contributed by atoms with Crippen molar-refractivity contribution in [3.8, 4) is 0 Å². The molecule has 0 unspecified atom stereocenters. The maximum Gasteiger partial charge on any atom is -0.0443 e. The van der Waals surface area contributed by atoms with Crippen molar-refractivity contribution >= 4 is 0 Å². The lowest BCUT2D eigenvalue weighted by Crippen LogP contribution is -2.04. The maximum atomic E-state index is 2.36. The normalized spacial score (nSPS) is 25.5. The van der Waals surface area contributed by atoms with Crippen molar-refractivity contribution < 1.29 is 0 Å². The Morgan fingerprint density at radius 2 is 1.00 bits per heavy atom. The Kier molecular flexibility index (Phi) is 4.72. The number of hydrogen-bond donors (Lipinski definition) is 0. The number of hydrogen-bond acceptors (Lipinski definition) is 0. The summed E-state index contributed by atoms with van der Waals surface area (Å²) in [6.07, 6.45) is 11.9. The summed E-state index contributed by atoms with van der Waals surface area (Å²) in [5, 5.41) is 0. The molecule has 0 aromatic heterocycles.